The Morgan fingerprint density at radius 3 is 2.23 bits per heavy atom. The van der Waals surface area contributed by atoms with E-state index in [1.807, 2.05) is 17.0 Å². The minimum atomic E-state index is -3.79. The lowest BCUT2D eigenvalue weighted by Crippen LogP contribution is -2.47. The van der Waals surface area contributed by atoms with Crippen LogP contribution in [0.5, 0.6) is 0 Å². The van der Waals surface area contributed by atoms with Crippen LogP contribution in [0.2, 0.25) is 0 Å². The molecule has 3 heterocycles. The van der Waals surface area contributed by atoms with E-state index in [1.165, 1.54) is 16.4 Å². The fourth-order valence-electron chi connectivity index (χ4n) is 3.88. The maximum absolute atomic E-state index is 13.2. The number of sulfonamides is 1. The molecule has 2 aliphatic rings. The summed E-state index contributed by atoms with van der Waals surface area (Å²) in [6, 6.07) is 8.02. The number of rotatable bonds is 5. The SMILES string of the molecule is O=[N+]([O-])c1ccc(N2CCN(c3ccc(Br)cn3)CC2)c(S(=O)(=O)N2CCCC2)c1. The number of anilines is 2. The second-order valence-corrected chi connectivity index (χ2v) is 10.2. The number of pyridine rings is 1. The first kappa shape index (κ1) is 21.0. The van der Waals surface area contributed by atoms with Gasteiger partial charge in [-0.15, -0.1) is 0 Å². The van der Waals surface area contributed by atoms with E-state index in [0.717, 1.165) is 23.1 Å². The second kappa shape index (κ2) is 8.48. The Morgan fingerprint density at radius 2 is 1.63 bits per heavy atom. The maximum atomic E-state index is 13.2. The number of benzene rings is 1. The smallest absolute Gasteiger partial charge is 0.270 e. The molecule has 4 rings (SSSR count). The average Bonchev–Trinajstić information content (AvgIpc) is 3.30. The number of nitro groups is 1. The first-order chi connectivity index (χ1) is 14.4. The number of halogens is 1. The summed E-state index contributed by atoms with van der Waals surface area (Å²) < 4.78 is 28.8. The van der Waals surface area contributed by atoms with Crippen molar-refractivity contribution < 1.29 is 13.3 Å². The van der Waals surface area contributed by atoms with E-state index in [4.69, 9.17) is 0 Å². The zero-order chi connectivity index (χ0) is 21.3. The molecular weight excluding hydrogens is 474 g/mol. The van der Waals surface area contributed by atoms with Crippen molar-refractivity contribution >= 4 is 43.1 Å². The van der Waals surface area contributed by atoms with E-state index in [-0.39, 0.29) is 10.6 Å². The predicted octanol–water partition coefficient (Wildman–Crippen LogP) is 2.86. The van der Waals surface area contributed by atoms with Crippen molar-refractivity contribution in [2.24, 2.45) is 0 Å². The molecule has 0 spiro atoms. The largest absolute Gasteiger partial charge is 0.367 e. The van der Waals surface area contributed by atoms with E-state index in [1.54, 1.807) is 12.3 Å². The normalized spacial score (nSPS) is 18.0. The average molecular weight is 496 g/mol. The van der Waals surface area contributed by atoms with E-state index in [9.17, 15) is 18.5 Å². The van der Waals surface area contributed by atoms with Crippen LogP contribution in [-0.2, 0) is 10.0 Å². The lowest BCUT2D eigenvalue weighted by Gasteiger charge is -2.37. The van der Waals surface area contributed by atoms with Crippen molar-refractivity contribution in [1.29, 1.82) is 0 Å². The van der Waals surface area contributed by atoms with E-state index in [0.29, 0.717) is 45.0 Å². The van der Waals surface area contributed by atoms with Gasteiger partial charge in [-0.25, -0.2) is 13.4 Å². The minimum Gasteiger partial charge on any atom is -0.367 e. The van der Waals surface area contributed by atoms with Crippen LogP contribution in [0.1, 0.15) is 12.8 Å². The van der Waals surface area contributed by atoms with Crippen LogP contribution in [0.25, 0.3) is 0 Å². The highest BCUT2D eigenvalue weighted by Gasteiger charge is 2.33. The Kier molecular flexibility index (Phi) is 5.94. The topological polar surface area (TPSA) is 99.9 Å². The molecule has 2 saturated heterocycles. The fraction of sp³-hybridized carbons (Fsp3) is 0.421. The molecule has 0 radical (unpaired) electrons. The molecule has 0 unspecified atom stereocenters. The third kappa shape index (κ3) is 4.14. The molecular formula is C19H22BrN5O4S. The zero-order valence-electron chi connectivity index (χ0n) is 16.3. The summed E-state index contributed by atoms with van der Waals surface area (Å²) in [5.41, 5.74) is 0.310. The molecule has 2 aromatic rings. The van der Waals surface area contributed by atoms with Crippen molar-refractivity contribution in [3.05, 3.63) is 51.1 Å². The van der Waals surface area contributed by atoms with Gasteiger partial charge in [0.05, 0.1) is 10.6 Å². The van der Waals surface area contributed by atoms with Crippen molar-refractivity contribution in [1.82, 2.24) is 9.29 Å². The molecule has 2 aliphatic heterocycles. The highest BCUT2D eigenvalue weighted by molar-refractivity contribution is 9.10. The summed E-state index contributed by atoms with van der Waals surface area (Å²) in [6.07, 6.45) is 3.36. The number of hydrogen-bond acceptors (Lipinski definition) is 7. The maximum Gasteiger partial charge on any atom is 0.270 e. The van der Waals surface area contributed by atoms with Crippen LogP contribution < -0.4 is 9.80 Å². The zero-order valence-corrected chi connectivity index (χ0v) is 18.7. The summed E-state index contributed by atoms with van der Waals surface area (Å²) in [5.74, 6) is 0.867. The van der Waals surface area contributed by atoms with Gasteiger partial charge in [0.15, 0.2) is 0 Å². The quantitative estimate of drug-likeness (QED) is 0.464. The van der Waals surface area contributed by atoms with Crippen LogP contribution in [0.15, 0.2) is 45.9 Å². The summed E-state index contributed by atoms with van der Waals surface area (Å²) in [4.78, 5) is 19.3. The summed E-state index contributed by atoms with van der Waals surface area (Å²) in [5, 5.41) is 11.3. The lowest BCUT2D eigenvalue weighted by atomic mass is 10.2. The van der Waals surface area contributed by atoms with Gasteiger partial charge in [-0.1, -0.05) is 0 Å². The van der Waals surface area contributed by atoms with Crippen LogP contribution in [0.4, 0.5) is 17.2 Å². The molecule has 0 N–H and O–H groups in total. The first-order valence-electron chi connectivity index (χ1n) is 9.76. The van der Waals surface area contributed by atoms with Gasteiger partial charge in [0, 0.05) is 62.1 Å². The van der Waals surface area contributed by atoms with Crippen molar-refractivity contribution in [3.8, 4) is 0 Å². The van der Waals surface area contributed by atoms with Crippen LogP contribution in [-0.4, -0.2) is 61.9 Å². The van der Waals surface area contributed by atoms with E-state index < -0.39 is 14.9 Å². The first-order valence-corrected chi connectivity index (χ1v) is 12.0. The molecule has 11 heteroatoms. The Morgan fingerprint density at radius 1 is 0.967 bits per heavy atom. The second-order valence-electron chi connectivity index (χ2n) is 7.33. The molecule has 0 aliphatic carbocycles. The van der Waals surface area contributed by atoms with Crippen LogP contribution in [0, 0.1) is 10.1 Å². The van der Waals surface area contributed by atoms with Gasteiger partial charge in [-0.3, -0.25) is 10.1 Å². The fourth-order valence-corrected chi connectivity index (χ4v) is 5.87. The highest BCUT2D eigenvalue weighted by atomic mass is 79.9. The number of hydrogen-bond donors (Lipinski definition) is 0. The Bertz CT molecular complexity index is 1030. The Labute approximate surface area is 183 Å². The van der Waals surface area contributed by atoms with Gasteiger partial charge in [-0.2, -0.15) is 4.31 Å². The third-order valence-corrected chi connectivity index (χ3v) is 7.89. The molecule has 1 aromatic heterocycles. The van der Waals surface area contributed by atoms with Crippen molar-refractivity contribution in [2.45, 2.75) is 17.7 Å². The van der Waals surface area contributed by atoms with Crippen LogP contribution >= 0.6 is 15.9 Å². The minimum absolute atomic E-state index is 0.0221. The summed E-state index contributed by atoms with van der Waals surface area (Å²) in [7, 11) is -3.79. The lowest BCUT2D eigenvalue weighted by molar-refractivity contribution is -0.385. The number of nitrogens with zero attached hydrogens (tertiary/aromatic N) is 5. The highest BCUT2D eigenvalue weighted by Crippen LogP contribution is 2.33. The molecule has 0 saturated carbocycles. The number of aromatic nitrogens is 1. The number of nitro benzene ring substituents is 1. The van der Waals surface area contributed by atoms with E-state index >= 15 is 0 Å². The van der Waals surface area contributed by atoms with E-state index in [2.05, 4.69) is 25.8 Å². The molecule has 0 bridgehead atoms. The monoisotopic (exact) mass is 495 g/mol. The molecule has 0 amide bonds. The molecule has 30 heavy (non-hydrogen) atoms. The standard InChI is InChI=1S/C19H22BrN5O4S/c20-15-3-6-19(21-14-15)23-11-9-22(10-12-23)17-5-4-16(25(26)27)13-18(17)30(28,29)24-7-1-2-8-24/h3-6,13-14H,1-2,7-12H2. The van der Waals surface area contributed by atoms with Crippen LogP contribution in [0.3, 0.4) is 0 Å². The van der Waals surface area contributed by atoms with Crippen molar-refractivity contribution in [3.63, 3.8) is 0 Å². The molecule has 1 aromatic carbocycles. The Hall–Kier alpha value is -2.24. The van der Waals surface area contributed by atoms with Crippen molar-refractivity contribution in [2.75, 3.05) is 49.1 Å². The summed E-state index contributed by atoms with van der Waals surface area (Å²) in [6.45, 7) is 3.45. The Balaban J connectivity index is 1.61. The summed E-state index contributed by atoms with van der Waals surface area (Å²) >= 11 is 3.38. The molecule has 2 fully saturated rings. The third-order valence-electron chi connectivity index (χ3n) is 5.49. The van der Waals surface area contributed by atoms with Gasteiger partial charge in [0.2, 0.25) is 10.0 Å². The van der Waals surface area contributed by atoms with Gasteiger partial charge < -0.3 is 9.80 Å². The molecule has 0 atom stereocenters. The van der Waals surface area contributed by atoms with Gasteiger partial charge in [0.1, 0.15) is 10.7 Å². The predicted molar refractivity (Wildman–Crippen MR) is 117 cm³/mol. The van der Waals surface area contributed by atoms with Gasteiger partial charge >= 0.3 is 0 Å². The molecule has 160 valence electrons. The number of piperazine rings is 1. The number of non-ortho nitro benzene ring substituents is 1. The molecule has 9 nitrogen and oxygen atoms in total. The van der Waals surface area contributed by atoms with Gasteiger partial charge in [-0.05, 0) is 47.0 Å². The van der Waals surface area contributed by atoms with Gasteiger partial charge in [0.25, 0.3) is 5.69 Å².